The lowest BCUT2D eigenvalue weighted by Crippen LogP contribution is -2.35. The first kappa shape index (κ1) is 15.7. The highest BCUT2D eigenvalue weighted by atomic mass is 16.5. The first-order valence-corrected chi connectivity index (χ1v) is 7.20. The third-order valence-corrected chi connectivity index (χ3v) is 2.99. The summed E-state index contributed by atoms with van der Waals surface area (Å²) in [6, 6.07) is 7.96. The van der Waals surface area contributed by atoms with E-state index in [9.17, 15) is 0 Å². The molecule has 5 heteroatoms. The van der Waals surface area contributed by atoms with Crippen LogP contribution in [0.15, 0.2) is 35.0 Å². The smallest absolute Gasteiger partial charge is 0.151 e. The molecule has 0 radical (unpaired) electrons. The van der Waals surface area contributed by atoms with Gasteiger partial charge in [0, 0.05) is 30.9 Å². The van der Waals surface area contributed by atoms with Gasteiger partial charge < -0.3 is 9.84 Å². The van der Waals surface area contributed by atoms with E-state index in [0.717, 1.165) is 36.8 Å². The normalized spacial score (nSPS) is 12.0. The minimum atomic E-state index is 0.0783. The van der Waals surface area contributed by atoms with Gasteiger partial charge in [-0.15, -0.1) is 0 Å². The standard InChI is InChI=1S/C16H24N4O/c1-16(2,3)18-10-14-9-15(21-19-14)12-20(4)11-13-7-5-6-8-17-13/h5-9,18H,10-12H2,1-4H3. The van der Waals surface area contributed by atoms with Gasteiger partial charge in [-0.25, -0.2) is 0 Å². The van der Waals surface area contributed by atoms with Crippen LogP contribution in [-0.4, -0.2) is 27.6 Å². The minimum Gasteiger partial charge on any atom is -0.360 e. The SMILES string of the molecule is CN(Cc1ccccn1)Cc1cc(CNC(C)(C)C)no1. The van der Waals surface area contributed by atoms with Gasteiger partial charge in [-0.05, 0) is 40.0 Å². The van der Waals surface area contributed by atoms with Crippen molar-refractivity contribution in [1.29, 1.82) is 0 Å². The lowest BCUT2D eigenvalue weighted by atomic mass is 10.1. The number of hydrogen-bond donors (Lipinski definition) is 1. The molecule has 0 unspecified atom stereocenters. The number of nitrogens with zero attached hydrogens (tertiary/aromatic N) is 3. The monoisotopic (exact) mass is 288 g/mol. The van der Waals surface area contributed by atoms with Crippen LogP contribution in [0.3, 0.4) is 0 Å². The van der Waals surface area contributed by atoms with Gasteiger partial charge in [0.25, 0.3) is 0 Å². The molecule has 0 bridgehead atoms. The van der Waals surface area contributed by atoms with E-state index >= 15 is 0 Å². The van der Waals surface area contributed by atoms with Crippen molar-refractivity contribution in [1.82, 2.24) is 20.4 Å². The molecule has 0 atom stereocenters. The summed E-state index contributed by atoms with van der Waals surface area (Å²) in [6.07, 6.45) is 1.81. The topological polar surface area (TPSA) is 54.2 Å². The first-order chi connectivity index (χ1) is 9.92. The molecule has 0 saturated carbocycles. The van der Waals surface area contributed by atoms with Crippen molar-refractivity contribution in [3.05, 3.63) is 47.6 Å². The highest BCUT2D eigenvalue weighted by molar-refractivity contribution is 5.07. The summed E-state index contributed by atoms with van der Waals surface area (Å²) in [5, 5.41) is 7.50. The van der Waals surface area contributed by atoms with Gasteiger partial charge >= 0.3 is 0 Å². The predicted molar refractivity (Wildman–Crippen MR) is 82.5 cm³/mol. The Labute approximate surface area is 126 Å². The van der Waals surface area contributed by atoms with E-state index in [1.54, 1.807) is 0 Å². The second kappa shape index (κ2) is 6.83. The Morgan fingerprint density at radius 2 is 2.00 bits per heavy atom. The largest absolute Gasteiger partial charge is 0.360 e. The Hall–Kier alpha value is -1.72. The molecule has 2 aromatic heterocycles. The molecule has 0 aromatic carbocycles. The molecule has 0 fully saturated rings. The molecule has 5 nitrogen and oxygen atoms in total. The molecular formula is C16H24N4O. The average Bonchev–Trinajstić information content (AvgIpc) is 2.84. The number of pyridine rings is 1. The van der Waals surface area contributed by atoms with Crippen molar-refractivity contribution in [3.8, 4) is 0 Å². The second-order valence-electron chi connectivity index (χ2n) is 6.38. The van der Waals surface area contributed by atoms with E-state index in [2.05, 4.69) is 41.1 Å². The fourth-order valence-corrected chi connectivity index (χ4v) is 1.96. The Morgan fingerprint density at radius 3 is 2.67 bits per heavy atom. The van der Waals surface area contributed by atoms with Crippen LogP contribution in [-0.2, 0) is 19.6 Å². The number of hydrogen-bond acceptors (Lipinski definition) is 5. The molecule has 0 aliphatic heterocycles. The van der Waals surface area contributed by atoms with E-state index in [1.165, 1.54) is 0 Å². The molecule has 0 saturated heterocycles. The minimum absolute atomic E-state index is 0.0783. The third-order valence-electron chi connectivity index (χ3n) is 2.99. The van der Waals surface area contributed by atoms with Crippen LogP contribution in [0.5, 0.6) is 0 Å². The van der Waals surface area contributed by atoms with Crippen LogP contribution in [0.25, 0.3) is 0 Å². The number of nitrogens with one attached hydrogen (secondary N) is 1. The van der Waals surface area contributed by atoms with Gasteiger partial charge in [-0.2, -0.15) is 0 Å². The van der Waals surface area contributed by atoms with Crippen LogP contribution < -0.4 is 5.32 Å². The molecule has 0 aliphatic rings. The molecule has 2 rings (SSSR count). The lowest BCUT2D eigenvalue weighted by molar-refractivity contribution is 0.263. The van der Waals surface area contributed by atoms with Gasteiger partial charge in [0.1, 0.15) is 0 Å². The lowest BCUT2D eigenvalue weighted by Gasteiger charge is -2.19. The molecule has 2 aromatic rings. The molecule has 0 amide bonds. The van der Waals surface area contributed by atoms with Crippen molar-refractivity contribution in [3.63, 3.8) is 0 Å². The van der Waals surface area contributed by atoms with E-state index in [4.69, 9.17) is 4.52 Å². The van der Waals surface area contributed by atoms with E-state index in [0.29, 0.717) is 0 Å². The Balaban J connectivity index is 1.84. The molecule has 21 heavy (non-hydrogen) atoms. The zero-order valence-corrected chi connectivity index (χ0v) is 13.3. The molecule has 2 heterocycles. The highest BCUT2D eigenvalue weighted by Crippen LogP contribution is 2.10. The van der Waals surface area contributed by atoms with Crippen molar-refractivity contribution >= 4 is 0 Å². The van der Waals surface area contributed by atoms with Crippen LogP contribution >= 0.6 is 0 Å². The summed E-state index contributed by atoms with van der Waals surface area (Å²) >= 11 is 0. The Bertz CT molecular complexity index is 545. The maximum absolute atomic E-state index is 5.39. The summed E-state index contributed by atoms with van der Waals surface area (Å²) in [5.41, 5.74) is 2.06. The zero-order chi connectivity index (χ0) is 15.3. The molecule has 0 spiro atoms. The summed E-state index contributed by atoms with van der Waals surface area (Å²) < 4.78 is 5.39. The molecule has 114 valence electrons. The zero-order valence-electron chi connectivity index (χ0n) is 13.3. The van der Waals surface area contributed by atoms with Gasteiger partial charge in [-0.3, -0.25) is 9.88 Å². The van der Waals surface area contributed by atoms with Gasteiger partial charge in [-0.1, -0.05) is 11.2 Å². The van der Waals surface area contributed by atoms with Crippen molar-refractivity contribution in [2.75, 3.05) is 7.05 Å². The highest BCUT2D eigenvalue weighted by Gasteiger charge is 2.12. The molecular weight excluding hydrogens is 264 g/mol. The second-order valence-corrected chi connectivity index (χ2v) is 6.38. The number of rotatable bonds is 6. The summed E-state index contributed by atoms with van der Waals surface area (Å²) in [5.74, 6) is 0.874. The van der Waals surface area contributed by atoms with Crippen molar-refractivity contribution < 1.29 is 4.52 Å². The van der Waals surface area contributed by atoms with Gasteiger partial charge in [0.05, 0.1) is 17.9 Å². The van der Waals surface area contributed by atoms with Gasteiger partial charge in [0.2, 0.25) is 0 Å². The Kier molecular flexibility index (Phi) is 5.09. The van der Waals surface area contributed by atoms with Crippen molar-refractivity contribution in [2.24, 2.45) is 0 Å². The first-order valence-electron chi connectivity index (χ1n) is 7.20. The number of aromatic nitrogens is 2. The molecule has 1 N–H and O–H groups in total. The fraction of sp³-hybridized carbons (Fsp3) is 0.500. The van der Waals surface area contributed by atoms with Crippen LogP contribution in [0.2, 0.25) is 0 Å². The fourth-order valence-electron chi connectivity index (χ4n) is 1.96. The summed E-state index contributed by atoms with van der Waals surface area (Å²) in [4.78, 5) is 6.48. The van der Waals surface area contributed by atoms with E-state index < -0.39 is 0 Å². The van der Waals surface area contributed by atoms with Crippen molar-refractivity contribution in [2.45, 2.75) is 45.9 Å². The van der Waals surface area contributed by atoms with E-state index in [-0.39, 0.29) is 5.54 Å². The maximum atomic E-state index is 5.39. The van der Waals surface area contributed by atoms with Crippen LogP contribution in [0, 0.1) is 0 Å². The quantitative estimate of drug-likeness (QED) is 0.885. The summed E-state index contributed by atoms with van der Waals surface area (Å²) in [6.45, 7) is 8.63. The maximum Gasteiger partial charge on any atom is 0.151 e. The average molecular weight is 288 g/mol. The molecule has 0 aliphatic carbocycles. The van der Waals surface area contributed by atoms with Crippen LogP contribution in [0.4, 0.5) is 0 Å². The Morgan fingerprint density at radius 1 is 1.19 bits per heavy atom. The van der Waals surface area contributed by atoms with Crippen LogP contribution in [0.1, 0.15) is 37.9 Å². The predicted octanol–water partition coefficient (Wildman–Crippen LogP) is 2.59. The van der Waals surface area contributed by atoms with Gasteiger partial charge in [0.15, 0.2) is 5.76 Å². The third kappa shape index (κ3) is 5.65. The summed E-state index contributed by atoms with van der Waals surface area (Å²) in [7, 11) is 2.05. The van der Waals surface area contributed by atoms with E-state index in [1.807, 2.05) is 37.5 Å².